The minimum absolute atomic E-state index is 0.135. The monoisotopic (exact) mass is 368 g/mol. The van der Waals surface area contributed by atoms with Gasteiger partial charge < -0.3 is 5.32 Å². The fourth-order valence-electron chi connectivity index (χ4n) is 3.01. The van der Waals surface area contributed by atoms with Crippen LogP contribution in [0.3, 0.4) is 0 Å². The van der Waals surface area contributed by atoms with Crippen LogP contribution < -0.4 is 10.6 Å². The average Bonchev–Trinajstić information content (AvgIpc) is 3.25. The standard InChI is InChI=1S/C18H16N4O3S/c23-15-8-12(17(25)21-15)7-11-1-3-13(4-2-11)19-16(24)9-14-10-22-5-6-26-18(22)20-14/h1-6,10,12H,7-9H2,(H,19,24)(H,21,23,25). The molecule has 3 aromatic rings. The molecule has 0 saturated carbocycles. The Morgan fingerprint density at radius 2 is 2.12 bits per heavy atom. The van der Waals surface area contributed by atoms with Crippen molar-refractivity contribution in [3.63, 3.8) is 0 Å². The number of carbonyl (C=O) groups is 3. The van der Waals surface area contributed by atoms with Gasteiger partial charge in [-0.3, -0.25) is 24.1 Å². The second kappa shape index (κ2) is 6.72. The van der Waals surface area contributed by atoms with Crippen LogP contribution >= 0.6 is 11.3 Å². The van der Waals surface area contributed by atoms with Crippen LogP contribution in [0, 0.1) is 5.92 Å². The zero-order chi connectivity index (χ0) is 18.1. The van der Waals surface area contributed by atoms with Crippen molar-refractivity contribution in [1.29, 1.82) is 0 Å². The van der Waals surface area contributed by atoms with Crippen LogP contribution in [0.5, 0.6) is 0 Å². The number of imidazole rings is 1. The Hall–Kier alpha value is -3.00. The number of aromatic nitrogens is 2. The van der Waals surface area contributed by atoms with Gasteiger partial charge in [0.15, 0.2) is 4.96 Å². The summed E-state index contributed by atoms with van der Waals surface area (Å²) in [5.41, 5.74) is 2.36. The zero-order valence-corrected chi connectivity index (χ0v) is 14.6. The van der Waals surface area contributed by atoms with E-state index in [-0.39, 0.29) is 36.5 Å². The van der Waals surface area contributed by atoms with Crippen LogP contribution in [0.25, 0.3) is 4.96 Å². The van der Waals surface area contributed by atoms with E-state index in [9.17, 15) is 14.4 Å². The second-order valence-corrected chi connectivity index (χ2v) is 7.14. The molecule has 0 aliphatic carbocycles. The first-order valence-corrected chi connectivity index (χ1v) is 9.08. The number of benzene rings is 1. The molecule has 1 unspecified atom stereocenters. The third-order valence-corrected chi connectivity index (χ3v) is 5.04. The molecular weight excluding hydrogens is 352 g/mol. The third kappa shape index (κ3) is 3.50. The molecule has 1 atom stereocenters. The molecule has 0 radical (unpaired) electrons. The number of anilines is 1. The predicted octanol–water partition coefficient (Wildman–Crippen LogP) is 1.78. The number of thiazole rings is 1. The number of rotatable bonds is 5. The van der Waals surface area contributed by atoms with Crippen LogP contribution in [-0.2, 0) is 27.2 Å². The highest BCUT2D eigenvalue weighted by Crippen LogP contribution is 2.19. The summed E-state index contributed by atoms with van der Waals surface area (Å²) in [6.07, 6.45) is 4.71. The lowest BCUT2D eigenvalue weighted by molar-refractivity contribution is -0.125. The highest BCUT2D eigenvalue weighted by Gasteiger charge is 2.30. The van der Waals surface area contributed by atoms with Crippen LogP contribution in [0.1, 0.15) is 17.7 Å². The normalized spacial score (nSPS) is 16.8. The molecule has 1 aliphatic rings. The Labute approximate surface area is 153 Å². The molecule has 7 nitrogen and oxygen atoms in total. The van der Waals surface area contributed by atoms with E-state index < -0.39 is 0 Å². The van der Waals surface area contributed by atoms with Crippen molar-refractivity contribution >= 4 is 39.7 Å². The van der Waals surface area contributed by atoms with Crippen molar-refractivity contribution in [3.05, 3.63) is 53.3 Å². The van der Waals surface area contributed by atoms with Gasteiger partial charge in [0.05, 0.1) is 18.0 Å². The first-order valence-electron chi connectivity index (χ1n) is 8.20. The molecule has 132 valence electrons. The van der Waals surface area contributed by atoms with Gasteiger partial charge in [0.2, 0.25) is 17.7 Å². The molecule has 2 aromatic heterocycles. The van der Waals surface area contributed by atoms with Gasteiger partial charge in [-0.05, 0) is 24.1 Å². The van der Waals surface area contributed by atoms with Crippen LogP contribution in [0.15, 0.2) is 42.0 Å². The van der Waals surface area contributed by atoms with Crippen LogP contribution in [0.2, 0.25) is 0 Å². The molecule has 3 amide bonds. The molecular formula is C18H16N4O3S. The van der Waals surface area contributed by atoms with Gasteiger partial charge in [0, 0.05) is 29.9 Å². The lowest BCUT2D eigenvalue weighted by Crippen LogP contribution is -2.22. The molecule has 26 heavy (non-hydrogen) atoms. The quantitative estimate of drug-likeness (QED) is 0.672. The highest BCUT2D eigenvalue weighted by atomic mass is 32.1. The SMILES string of the molecule is O=C1CC(Cc2ccc(NC(=O)Cc3cn4ccsc4n3)cc2)C(=O)N1. The van der Waals surface area contributed by atoms with E-state index in [1.165, 1.54) is 11.3 Å². The molecule has 2 N–H and O–H groups in total. The summed E-state index contributed by atoms with van der Waals surface area (Å²) in [6.45, 7) is 0. The van der Waals surface area contributed by atoms with Crippen molar-refractivity contribution < 1.29 is 14.4 Å². The van der Waals surface area contributed by atoms with Crippen LogP contribution in [0.4, 0.5) is 5.69 Å². The summed E-state index contributed by atoms with van der Waals surface area (Å²) in [5, 5.41) is 7.10. The molecule has 3 heterocycles. The largest absolute Gasteiger partial charge is 0.326 e. The maximum atomic E-state index is 12.2. The first-order chi connectivity index (χ1) is 12.6. The Bertz CT molecular complexity index is 961. The van der Waals surface area contributed by atoms with Crippen molar-refractivity contribution in [1.82, 2.24) is 14.7 Å². The van der Waals surface area contributed by atoms with Crippen molar-refractivity contribution in [2.75, 3.05) is 5.32 Å². The number of fused-ring (bicyclic) bond motifs is 1. The highest BCUT2D eigenvalue weighted by molar-refractivity contribution is 7.15. The molecule has 0 bridgehead atoms. The topological polar surface area (TPSA) is 92.6 Å². The number of nitrogens with zero attached hydrogens (tertiary/aromatic N) is 2. The van der Waals surface area contributed by atoms with Gasteiger partial charge in [-0.15, -0.1) is 11.3 Å². The number of carbonyl (C=O) groups excluding carboxylic acids is 3. The summed E-state index contributed by atoms with van der Waals surface area (Å²) in [7, 11) is 0. The summed E-state index contributed by atoms with van der Waals surface area (Å²) in [6, 6.07) is 7.32. The van der Waals surface area contributed by atoms with Crippen molar-refractivity contribution in [3.8, 4) is 0 Å². The second-order valence-electron chi connectivity index (χ2n) is 6.26. The number of nitrogens with one attached hydrogen (secondary N) is 2. The molecule has 4 rings (SSSR count). The zero-order valence-electron chi connectivity index (χ0n) is 13.8. The summed E-state index contributed by atoms with van der Waals surface area (Å²) in [5.74, 6) is -0.877. The minimum Gasteiger partial charge on any atom is -0.326 e. The number of hydrogen-bond acceptors (Lipinski definition) is 5. The molecule has 1 aliphatic heterocycles. The van der Waals surface area contributed by atoms with Gasteiger partial charge in [0.1, 0.15) is 0 Å². The van der Waals surface area contributed by atoms with E-state index in [0.717, 1.165) is 16.2 Å². The number of hydrogen-bond donors (Lipinski definition) is 2. The summed E-state index contributed by atoms with van der Waals surface area (Å²) < 4.78 is 1.89. The molecule has 1 aromatic carbocycles. The number of imide groups is 1. The molecule has 1 fully saturated rings. The fourth-order valence-corrected chi connectivity index (χ4v) is 3.73. The Kier molecular flexibility index (Phi) is 4.26. The van der Waals surface area contributed by atoms with E-state index in [0.29, 0.717) is 12.1 Å². The fraction of sp³-hybridized carbons (Fsp3) is 0.222. The molecule has 0 spiro atoms. The first kappa shape index (κ1) is 16.5. The maximum Gasteiger partial charge on any atom is 0.230 e. The molecule has 8 heteroatoms. The van der Waals surface area contributed by atoms with E-state index >= 15 is 0 Å². The lowest BCUT2D eigenvalue weighted by atomic mass is 9.98. The van der Waals surface area contributed by atoms with E-state index in [1.807, 2.05) is 34.3 Å². The van der Waals surface area contributed by atoms with Crippen LogP contribution in [-0.4, -0.2) is 27.1 Å². The van der Waals surface area contributed by atoms with Gasteiger partial charge in [-0.2, -0.15) is 0 Å². The van der Waals surface area contributed by atoms with E-state index in [4.69, 9.17) is 0 Å². The lowest BCUT2D eigenvalue weighted by Gasteiger charge is -2.08. The smallest absolute Gasteiger partial charge is 0.230 e. The summed E-state index contributed by atoms with van der Waals surface area (Å²) in [4.78, 5) is 40.3. The van der Waals surface area contributed by atoms with Gasteiger partial charge in [-0.1, -0.05) is 12.1 Å². The van der Waals surface area contributed by atoms with E-state index in [1.54, 1.807) is 12.1 Å². The van der Waals surface area contributed by atoms with Crippen molar-refractivity contribution in [2.24, 2.45) is 5.92 Å². The predicted molar refractivity (Wildman–Crippen MR) is 96.8 cm³/mol. The Morgan fingerprint density at radius 1 is 1.31 bits per heavy atom. The van der Waals surface area contributed by atoms with Gasteiger partial charge in [-0.25, -0.2) is 4.98 Å². The van der Waals surface area contributed by atoms with Crippen molar-refractivity contribution in [2.45, 2.75) is 19.3 Å². The van der Waals surface area contributed by atoms with E-state index in [2.05, 4.69) is 15.6 Å². The minimum atomic E-state index is -0.308. The summed E-state index contributed by atoms with van der Waals surface area (Å²) >= 11 is 1.52. The molecule has 1 saturated heterocycles. The number of amides is 3. The Morgan fingerprint density at radius 3 is 2.81 bits per heavy atom. The van der Waals surface area contributed by atoms with Gasteiger partial charge >= 0.3 is 0 Å². The maximum absolute atomic E-state index is 12.2. The third-order valence-electron chi connectivity index (χ3n) is 4.27. The Balaban J connectivity index is 1.34. The van der Waals surface area contributed by atoms with Gasteiger partial charge in [0.25, 0.3) is 0 Å². The average molecular weight is 368 g/mol.